The molecule has 0 saturated carbocycles. The maximum atomic E-state index is 9.96. The Hall–Kier alpha value is -1.06. The van der Waals surface area contributed by atoms with Gasteiger partial charge in [0.25, 0.3) is 0 Å². The molecule has 0 fully saturated rings. The maximum Gasteiger partial charge on any atom is 0.119 e. The van der Waals surface area contributed by atoms with Gasteiger partial charge in [0.1, 0.15) is 5.75 Å². The summed E-state index contributed by atoms with van der Waals surface area (Å²) >= 11 is 0. The molecule has 2 atom stereocenters. The smallest absolute Gasteiger partial charge is 0.119 e. The van der Waals surface area contributed by atoms with Crippen LogP contribution in [0.25, 0.3) is 0 Å². The minimum absolute atomic E-state index is 0.431. The van der Waals surface area contributed by atoms with Gasteiger partial charge in [-0.1, -0.05) is 13.0 Å². The molecule has 0 aromatic heterocycles. The van der Waals surface area contributed by atoms with Crippen molar-refractivity contribution in [3.63, 3.8) is 0 Å². The Morgan fingerprint density at radius 1 is 1.33 bits per heavy atom. The summed E-state index contributed by atoms with van der Waals surface area (Å²) in [6, 6.07) is 5.94. The molecule has 0 saturated heterocycles. The van der Waals surface area contributed by atoms with Crippen LogP contribution in [0.4, 0.5) is 0 Å². The first kappa shape index (κ1) is 10.5. The normalized spacial score (nSPS) is 25.5. The zero-order chi connectivity index (χ0) is 10.8. The maximum absolute atomic E-state index is 9.96. The van der Waals surface area contributed by atoms with E-state index in [9.17, 15) is 5.11 Å². The summed E-state index contributed by atoms with van der Waals surface area (Å²) in [5, 5.41) is 13.2. The van der Waals surface area contributed by atoms with Crippen molar-refractivity contribution in [3.05, 3.63) is 29.3 Å². The number of rotatable bonds is 1. The van der Waals surface area contributed by atoms with Crippen LogP contribution in [0.2, 0.25) is 0 Å². The van der Waals surface area contributed by atoms with Gasteiger partial charge in [-0.25, -0.2) is 0 Å². The van der Waals surface area contributed by atoms with Crippen molar-refractivity contribution >= 4 is 0 Å². The number of benzene rings is 1. The van der Waals surface area contributed by atoms with Crippen LogP contribution in [0, 0.1) is 0 Å². The quantitative estimate of drug-likeness (QED) is 0.732. The van der Waals surface area contributed by atoms with Gasteiger partial charge in [-0.05, 0) is 29.2 Å². The van der Waals surface area contributed by atoms with Gasteiger partial charge in [0, 0.05) is 13.1 Å². The van der Waals surface area contributed by atoms with E-state index >= 15 is 0 Å². The Bertz CT molecular complexity index is 351. The second-order valence-corrected chi connectivity index (χ2v) is 4.07. The second-order valence-electron chi connectivity index (χ2n) is 4.07. The molecule has 1 aromatic rings. The fourth-order valence-electron chi connectivity index (χ4n) is 2.07. The number of fused-ring (bicyclic) bond motifs is 1. The summed E-state index contributed by atoms with van der Waals surface area (Å²) < 4.78 is 5.17. The van der Waals surface area contributed by atoms with Crippen LogP contribution in [0.1, 0.15) is 30.1 Å². The van der Waals surface area contributed by atoms with Crippen LogP contribution >= 0.6 is 0 Å². The highest BCUT2D eigenvalue weighted by Gasteiger charge is 2.20. The third-order valence-electron chi connectivity index (χ3n) is 2.97. The molecular weight excluding hydrogens is 190 g/mol. The zero-order valence-corrected chi connectivity index (χ0v) is 9.16. The summed E-state index contributed by atoms with van der Waals surface area (Å²) in [6.07, 6.45) is -0.431. The van der Waals surface area contributed by atoms with Crippen LogP contribution in [0.3, 0.4) is 0 Å². The van der Waals surface area contributed by atoms with E-state index < -0.39 is 6.10 Å². The largest absolute Gasteiger partial charge is 0.497 e. The van der Waals surface area contributed by atoms with E-state index in [1.807, 2.05) is 12.1 Å². The zero-order valence-electron chi connectivity index (χ0n) is 9.16. The summed E-state index contributed by atoms with van der Waals surface area (Å²) in [5.41, 5.74) is 2.21. The van der Waals surface area contributed by atoms with Gasteiger partial charge >= 0.3 is 0 Å². The monoisotopic (exact) mass is 207 g/mol. The Labute approximate surface area is 90.1 Å². The minimum atomic E-state index is -0.431. The van der Waals surface area contributed by atoms with Crippen LogP contribution < -0.4 is 10.1 Å². The molecule has 0 spiro atoms. The molecular formula is C12H17NO2. The lowest BCUT2D eigenvalue weighted by molar-refractivity contribution is 0.177. The molecule has 0 bridgehead atoms. The molecule has 82 valence electrons. The first-order valence-corrected chi connectivity index (χ1v) is 5.29. The number of β-amino-alcohol motifs (C(OH)–C–C–N with tert-alkyl or cyclic N) is 1. The fraction of sp³-hybridized carbons (Fsp3) is 0.500. The first-order chi connectivity index (χ1) is 7.22. The van der Waals surface area contributed by atoms with Crippen molar-refractivity contribution < 1.29 is 9.84 Å². The number of methoxy groups -OCH3 is 1. The molecule has 0 aliphatic carbocycles. The topological polar surface area (TPSA) is 41.5 Å². The van der Waals surface area contributed by atoms with E-state index in [1.165, 1.54) is 5.56 Å². The Morgan fingerprint density at radius 3 is 2.87 bits per heavy atom. The molecule has 2 rings (SSSR count). The molecule has 2 N–H and O–H groups in total. The van der Waals surface area contributed by atoms with E-state index in [1.54, 1.807) is 7.11 Å². The van der Waals surface area contributed by atoms with Crippen LogP contribution in [-0.2, 0) is 0 Å². The second kappa shape index (κ2) is 4.21. The molecule has 1 aliphatic heterocycles. The highest BCUT2D eigenvalue weighted by Crippen LogP contribution is 2.30. The number of aliphatic hydroxyl groups is 1. The van der Waals surface area contributed by atoms with Crippen LogP contribution in [-0.4, -0.2) is 25.3 Å². The van der Waals surface area contributed by atoms with Crippen molar-refractivity contribution in [2.45, 2.75) is 18.9 Å². The van der Waals surface area contributed by atoms with E-state index in [4.69, 9.17) is 4.74 Å². The molecule has 1 heterocycles. The summed E-state index contributed by atoms with van der Waals surface area (Å²) in [5.74, 6) is 1.24. The summed E-state index contributed by atoms with van der Waals surface area (Å²) in [7, 11) is 1.65. The van der Waals surface area contributed by atoms with Gasteiger partial charge in [0.05, 0.1) is 13.2 Å². The van der Waals surface area contributed by atoms with Gasteiger partial charge in [-0.2, -0.15) is 0 Å². The third kappa shape index (κ3) is 1.98. The highest BCUT2D eigenvalue weighted by molar-refractivity contribution is 5.40. The van der Waals surface area contributed by atoms with E-state index in [2.05, 4.69) is 18.3 Å². The van der Waals surface area contributed by atoms with Crippen molar-refractivity contribution in [2.75, 3.05) is 20.2 Å². The third-order valence-corrected chi connectivity index (χ3v) is 2.97. The van der Waals surface area contributed by atoms with Gasteiger partial charge in [0.15, 0.2) is 0 Å². The number of ether oxygens (including phenoxy) is 1. The predicted octanol–water partition coefficient (Wildman–Crippen LogP) is 1.44. The molecule has 1 aromatic carbocycles. The van der Waals surface area contributed by atoms with Crippen molar-refractivity contribution in [1.82, 2.24) is 5.32 Å². The first-order valence-electron chi connectivity index (χ1n) is 5.29. The molecule has 0 radical (unpaired) electrons. The van der Waals surface area contributed by atoms with Crippen molar-refractivity contribution in [3.8, 4) is 5.75 Å². The molecule has 1 aliphatic rings. The van der Waals surface area contributed by atoms with E-state index in [0.717, 1.165) is 17.9 Å². The van der Waals surface area contributed by atoms with Gasteiger partial charge in [-0.15, -0.1) is 0 Å². The standard InChI is InChI=1S/C12H17NO2/c1-8-6-13-7-12(14)11-5-9(15-2)3-4-10(8)11/h3-5,8,12-14H,6-7H2,1-2H3. The number of hydrogen-bond donors (Lipinski definition) is 2. The Kier molecular flexibility index (Phi) is 2.93. The molecule has 2 unspecified atom stereocenters. The van der Waals surface area contributed by atoms with Crippen molar-refractivity contribution in [1.29, 1.82) is 0 Å². The predicted molar refractivity (Wildman–Crippen MR) is 59.2 cm³/mol. The average Bonchev–Trinajstić information content (AvgIpc) is 2.40. The van der Waals surface area contributed by atoms with E-state index in [-0.39, 0.29) is 0 Å². The fourth-order valence-corrected chi connectivity index (χ4v) is 2.07. The summed E-state index contributed by atoms with van der Waals surface area (Å²) in [6.45, 7) is 3.69. The Morgan fingerprint density at radius 2 is 2.13 bits per heavy atom. The van der Waals surface area contributed by atoms with Crippen LogP contribution in [0.5, 0.6) is 5.75 Å². The van der Waals surface area contributed by atoms with E-state index in [0.29, 0.717) is 12.5 Å². The number of hydrogen-bond acceptors (Lipinski definition) is 3. The summed E-state index contributed by atoms with van der Waals surface area (Å²) in [4.78, 5) is 0. The van der Waals surface area contributed by atoms with Gasteiger partial charge < -0.3 is 15.2 Å². The van der Waals surface area contributed by atoms with Crippen molar-refractivity contribution in [2.24, 2.45) is 0 Å². The van der Waals surface area contributed by atoms with Gasteiger partial charge in [-0.3, -0.25) is 0 Å². The van der Waals surface area contributed by atoms with Gasteiger partial charge in [0.2, 0.25) is 0 Å². The highest BCUT2D eigenvalue weighted by atomic mass is 16.5. The molecule has 3 nitrogen and oxygen atoms in total. The minimum Gasteiger partial charge on any atom is -0.497 e. The lowest BCUT2D eigenvalue weighted by Crippen LogP contribution is -2.21. The number of aliphatic hydroxyl groups excluding tert-OH is 1. The molecule has 3 heteroatoms. The Balaban J connectivity index is 2.45. The number of nitrogens with one attached hydrogen (secondary N) is 1. The molecule has 15 heavy (non-hydrogen) atoms. The molecule has 0 amide bonds. The SMILES string of the molecule is COc1ccc2c(c1)C(O)CNCC2C. The lowest BCUT2D eigenvalue weighted by Gasteiger charge is -2.15. The lowest BCUT2D eigenvalue weighted by atomic mass is 9.94. The average molecular weight is 207 g/mol. The van der Waals surface area contributed by atoms with Crippen LogP contribution in [0.15, 0.2) is 18.2 Å².